The lowest BCUT2D eigenvalue weighted by molar-refractivity contribution is -0.115. The zero-order valence-electron chi connectivity index (χ0n) is 33.1. The van der Waals surface area contributed by atoms with E-state index < -0.39 is 0 Å². The molecule has 59 heavy (non-hydrogen) atoms. The number of hydrogen-bond acceptors (Lipinski definition) is 9. The molecule has 0 saturated heterocycles. The number of rotatable bonds is 8. The zero-order chi connectivity index (χ0) is 40.5. The fraction of sp³-hybridized carbons (Fsp3) is 0.146. The third-order valence-corrected chi connectivity index (χ3v) is 10.6. The molecule has 0 atom stereocenters. The number of nitrogens with one attached hydrogen (secondary N) is 2. The Morgan fingerprint density at radius 2 is 1.14 bits per heavy atom. The number of hydrogen-bond donors (Lipinski definition) is 2. The molecular weight excluding hydrogens is 737 g/mol. The van der Waals surface area contributed by atoms with Crippen molar-refractivity contribution in [2.24, 2.45) is 0 Å². The van der Waals surface area contributed by atoms with Crippen LogP contribution >= 0.6 is 0 Å². The molecule has 0 unspecified atom stereocenters. The summed E-state index contributed by atoms with van der Waals surface area (Å²) in [5.41, 5.74) is 14.1. The van der Waals surface area contributed by atoms with E-state index >= 15 is 0 Å². The van der Waals surface area contributed by atoms with Gasteiger partial charge in [-0.25, -0.2) is 29.9 Å². The maximum atomic E-state index is 11.7. The normalized spacial score (nSPS) is 12.0. The summed E-state index contributed by atoms with van der Waals surface area (Å²) in [6.07, 6.45) is 4.99. The molecule has 1 aliphatic rings. The van der Waals surface area contributed by atoms with E-state index in [0.717, 1.165) is 83.2 Å². The predicted molar refractivity (Wildman–Crippen MR) is 230 cm³/mol. The largest absolute Gasteiger partial charge is 0.472 e. The molecule has 5 aromatic heterocycles. The molecule has 9 aromatic rings. The molecule has 2 N–H and O–H groups in total. The van der Waals surface area contributed by atoms with Crippen molar-refractivity contribution in [3.8, 4) is 34.3 Å². The predicted octanol–water partition coefficient (Wildman–Crippen LogP) is 9.75. The van der Waals surface area contributed by atoms with Crippen LogP contribution in [0.3, 0.4) is 0 Å². The van der Waals surface area contributed by atoms with Gasteiger partial charge < -0.3 is 19.8 Å². The van der Waals surface area contributed by atoms with E-state index in [1.54, 1.807) is 0 Å². The molecule has 290 valence electrons. The lowest BCUT2D eigenvalue weighted by atomic mass is 9.99. The third-order valence-electron chi connectivity index (χ3n) is 10.6. The van der Waals surface area contributed by atoms with Crippen LogP contribution < -0.4 is 14.8 Å². The zero-order valence-corrected chi connectivity index (χ0v) is 33.1. The minimum atomic E-state index is -0.0983. The first-order chi connectivity index (χ1) is 28.8. The van der Waals surface area contributed by atoms with Crippen LogP contribution in [-0.4, -0.2) is 40.8 Å². The van der Waals surface area contributed by atoms with Crippen LogP contribution in [0.2, 0.25) is 0 Å². The molecule has 10 rings (SSSR count). The number of nitrogens with zero attached hydrogens (tertiary/aromatic N) is 6. The van der Waals surface area contributed by atoms with Crippen molar-refractivity contribution >= 4 is 44.6 Å². The summed E-state index contributed by atoms with van der Waals surface area (Å²) < 4.78 is 12.2. The van der Waals surface area contributed by atoms with E-state index in [2.05, 4.69) is 125 Å². The van der Waals surface area contributed by atoms with Crippen LogP contribution in [-0.2, 0) is 24.4 Å². The Hall–Kier alpha value is -7.53. The van der Waals surface area contributed by atoms with Gasteiger partial charge >= 0.3 is 0 Å². The number of H-pyrrole nitrogens is 1. The average Bonchev–Trinajstić information content (AvgIpc) is 3.89. The van der Waals surface area contributed by atoms with Gasteiger partial charge in [-0.2, -0.15) is 0 Å². The lowest BCUT2D eigenvalue weighted by Gasteiger charge is -2.15. The molecule has 0 bridgehead atoms. The molecule has 6 heterocycles. The second-order valence-corrected chi connectivity index (χ2v) is 14.6. The molecule has 0 saturated carbocycles. The molecule has 0 radical (unpaired) electrons. The molecular formula is C48H40N8O3. The number of amides is 1. The minimum absolute atomic E-state index is 0.0983. The number of para-hydroxylation sites is 2. The summed E-state index contributed by atoms with van der Waals surface area (Å²) in [5, 5.41) is 5.77. The van der Waals surface area contributed by atoms with Gasteiger partial charge in [0.15, 0.2) is 0 Å². The van der Waals surface area contributed by atoms with Crippen molar-refractivity contribution in [1.82, 2.24) is 34.9 Å². The molecule has 1 amide bonds. The van der Waals surface area contributed by atoms with Gasteiger partial charge in [0, 0.05) is 39.2 Å². The Morgan fingerprint density at radius 1 is 0.593 bits per heavy atom. The molecule has 0 aliphatic carbocycles. The molecule has 4 aromatic carbocycles. The van der Waals surface area contributed by atoms with E-state index in [1.807, 2.05) is 42.6 Å². The van der Waals surface area contributed by atoms with Gasteiger partial charge in [0.25, 0.3) is 0 Å². The van der Waals surface area contributed by atoms with E-state index in [1.165, 1.54) is 18.2 Å². The van der Waals surface area contributed by atoms with E-state index in [-0.39, 0.29) is 18.9 Å². The molecule has 0 spiro atoms. The van der Waals surface area contributed by atoms with Crippen molar-refractivity contribution in [3.05, 3.63) is 161 Å². The van der Waals surface area contributed by atoms with Gasteiger partial charge in [-0.15, -0.1) is 0 Å². The van der Waals surface area contributed by atoms with E-state index in [4.69, 9.17) is 19.4 Å². The van der Waals surface area contributed by atoms with E-state index in [9.17, 15) is 4.79 Å². The molecule has 11 heteroatoms. The van der Waals surface area contributed by atoms with Crippen LogP contribution in [0, 0.1) is 27.7 Å². The SMILES string of the molecule is Cc1ccccc1-c1nc2c(C)cccc2cc1COc1ncnc2[nH]ccc12.Cc1ccccc1-c1nc2c(C)cccc2cc1COc1ncnc2c1CC(=O)N2. The number of benzene rings is 4. The second kappa shape index (κ2) is 15.8. The third kappa shape index (κ3) is 7.41. The highest BCUT2D eigenvalue weighted by molar-refractivity contribution is 5.98. The van der Waals surface area contributed by atoms with Gasteiger partial charge in [0.1, 0.15) is 37.3 Å². The summed E-state index contributed by atoms with van der Waals surface area (Å²) in [6.45, 7) is 9.02. The topological polar surface area (TPSA) is 141 Å². The highest BCUT2D eigenvalue weighted by Gasteiger charge is 2.24. The summed E-state index contributed by atoms with van der Waals surface area (Å²) in [7, 11) is 0. The van der Waals surface area contributed by atoms with Crippen LogP contribution in [0.25, 0.3) is 55.4 Å². The lowest BCUT2D eigenvalue weighted by Crippen LogP contribution is -2.05. The highest BCUT2D eigenvalue weighted by atomic mass is 16.5. The number of anilines is 1. The number of aromatic amines is 1. The highest BCUT2D eigenvalue weighted by Crippen LogP contribution is 2.33. The Bertz CT molecular complexity index is 3050. The molecule has 0 fully saturated rings. The first-order valence-corrected chi connectivity index (χ1v) is 19.4. The van der Waals surface area contributed by atoms with Crippen LogP contribution in [0.4, 0.5) is 5.82 Å². The number of carbonyl (C=O) groups excluding carboxylic acids is 1. The number of aryl methyl sites for hydroxylation is 4. The number of fused-ring (bicyclic) bond motifs is 4. The van der Waals surface area contributed by atoms with Gasteiger partial charge in [0.2, 0.25) is 17.7 Å². The van der Waals surface area contributed by atoms with Gasteiger partial charge in [-0.05, 0) is 68.1 Å². The second-order valence-electron chi connectivity index (χ2n) is 14.6. The van der Waals surface area contributed by atoms with Crippen molar-refractivity contribution in [1.29, 1.82) is 0 Å². The Balaban J connectivity index is 0.000000152. The van der Waals surface area contributed by atoms with Gasteiger partial charge in [-0.3, -0.25) is 4.79 Å². The summed E-state index contributed by atoms with van der Waals surface area (Å²) in [4.78, 5) is 41.8. The number of carbonyl (C=O) groups is 1. The molecule has 11 nitrogen and oxygen atoms in total. The monoisotopic (exact) mass is 776 g/mol. The van der Waals surface area contributed by atoms with Crippen LogP contribution in [0.5, 0.6) is 11.8 Å². The van der Waals surface area contributed by atoms with Gasteiger partial charge in [-0.1, -0.05) is 84.9 Å². The molecule has 1 aliphatic heterocycles. The maximum Gasteiger partial charge on any atom is 0.230 e. The summed E-state index contributed by atoms with van der Waals surface area (Å²) >= 11 is 0. The first-order valence-electron chi connectivity index (χ1n) is 19.4. The number of aromatic nitrogens is 7. The summed E-state index contributed by atoms with van der Waals surface area (Å²) in [6, 6.07) is 35.2. The van der Waals surface area contributed by atoms with Crippen molar-refractivity contribution in [2.75, 3.05) is 5.32 Å². The smallest absolute Gasteiger partial charge is 0.230 e. The fourth-order valence-electron chi connectivity index (χ4n) is 7.52. The fourth-order valence-corrected chi connectivity index (χ4v) is 7.52. The first kappa shape index (κ1) is 37.1. The van der Waals surface area contributed by atoms with Crippen molar-refractivity contribution < 1.29 is 14.3 Å². The van der Waals surface area contributed by atoms with E-state index in [0.29, 0.717) is 29.7 Å². The van der Waals surface area contributed by atoms with Crippen molar-refractivity contribution in [3.63, 3.8) is 0 Å². The number of ether oxygens (including phenoxy) is 2. The van der Waals surface area contributed by atoms with Gasteiger partial charge in [0.05, 0.1) is 39.8 Å². The quantitative estimate of drug-likeness (QED) is 0.154. The Labute approximate surface area is 340 Å². The Morgan fingerprint density at radius 3 is 1.75 bits per heavy atom. The standard InChI is InChI=1S/C24H20N4O2.C24H20N4O/c1-14-6-3-4-9-18(14)22-17(10-16-8-5-7-15(2)21(16)28-22)12-30-24-19-11-20(29)27-23(19)25-13-26-24;1-15-6-3-4-9-19(15)22-18(12-17-8-5-7-16(2)21(17)28-22)13-29-24-20-10-11-25-23(20)26-14-27-24/h3-10,13H,11-12H2,1-2H3,(H,25,26,27,29);3-12,14H,13H2,1-2H3,(H,25,26,27). The Kier molecular flexibility index (Phi) is 9.92. The summed E-state index contributed by atoms with van der Waals surface area (Å²) in [5.74, 6) is 1.42. The van der Waals surface area contributed by atoms with Crippen LogP contribution in [0.1, 0.15) is 38.9 Å². The number of pyridine rings is 2. The van der Waals surface area contributed by atoms with Crippen LogP contribution in [0.15, 0.2) is 122 Å². The average molecular weight is 777 g/mol. The van der Waals surface area contributed by atoms with Crippen molar-refractivity contribution in [2.45, 2.75) is 47.3 Å². The minimum Gasteiger partial charge on any atom is -0.472 e. The maximum absolute atomic E-state index is 11.7.